The summed E-state index contributed by atoms with van der Waals surface area (Å²) in [4.78, 5) is 11.6. The molecular formula is C19H22O2. The Balaban J connectivity index is 2.49. The Hall–Kier alpha value is -2.09. The van der Waals surface area contributed by atoms with Gasteiger partial charge in [0.15, 0.2) is 0 Å². The van der Waals surface area contributed by atoms with Crippen LogP contribution >= 0.6 is 0 Å². The number of benzene rings is 2. The fraction of sp³-hybridized carbons (Fsp3) is 0.316. The summed E-state index contributed by atoms with van der Waals surface area (Å²) < 4.78 is 5.71. The fourth-order valence-corrected chi connectivity index (χ4v) is 2.72. The maximum absolute atomic E-state index is 11.6. The first-order chi connectivity index (χ1) is 10.1. The van der Waals surface area contributed by atoms with Crippen molar-refractivity contribution in [1.82, 2.24) is 0 Å². The third kappa shape index (κ3) is 3.33. The summed E-state index contributed by atoms with van der Waals surface area (Å²) in [5.74, 6) is -0.251. The highest BCUT2D eigenvalue weighted by molar-refractivity contribution is 5.66. The van der Waals surface area contributed by atoms with Gasteiger partial charge in [-0.3, -0.25) is 4.79 Å². The largest absolute Gasteiger partial charge is 0.457 e. The van der Waals surface area contributed by atoms with E-state index in [0.29, 0.717) is 0 Å². The van der Waals surface area contributed by atoms with Crippen molar-refractivity contribution in [2.75, 3.05) is 0 Å². The Labute approximate surface area is 126 Å². The van der Waals surface area contributed by atoms with Crippen molar-refractivity contribution < 1.29 is 9.53 Å². The summed E-state index contributed by atoms with van der Waals surface area (Å²) in [5, 5.41) is 0. The van der Waals surface area contributed by atoms with Crippen LogP contribution in [0, 0.1) is 0 Å². The van der Waals surface area contributed by atoms with Crippen molar-refractivity contribution in [1.29, 1.82) is 0 Å². The molecule has 2 atom stereocenters. The van der Waals surface area contributed by atoms with E-state index in [2.05, 4.69) is 26.0 Å². The van der Waals surface area contributed by atoms with Gasteiger partial charge >= 0.3 is 5.97 Å². The van der Waals surface area contributed by atoms with E-state index in [1.807, 2.05) is 48.5 Å². The predicted octanol–water partition coefficient (Wildman–Crippen LogP) is 4.66. The highest BCUT2D eigenvalue weighted by atomic mass is 16.5. The van der Waals surface area contributed by atoms with E-state index < -0.39 is 0 Å². The van der Waals surface area contributed by atoms with E-state index >= 15 is 0 Å². The van der Waals surface area contributed by atoms with Crippen LogP contribution in [-0.4, -0.2) is 5.97 Å². The first-order valence-electron chi connectivity index (χ1n) is 7.35. The van der Waals surface area contributed by atoms with Gasteiger partial charge in [-0.2, -0.15) is 0 Å². The minimum atomic E-state index is -0.288. The zero-order valence-electron chi connectivity index (χ0n) is 12.9. The van der Waals surface area contributed by atoms with Gasteiger partial charge in [-0.1, -0.05) is 74.5 Å². The Morgan fingerprint density at radius 1 is 1.05 bits per heavy atom. The molecule has 0 aromatic heterocycles. The van der Waals surface area contributed by atoms with E-state index in [-0.39, 0.29) is 17.5 Å². The molecule has 110 valence electrons. The van der Waals surface area contributed by atoms with Gasteiger partial charge in [0.1, 0.15) is 6.10 Å². The topological polar surface area (TPSA) is 26.3 Å². The molecule has 21 heavy (non-hydrogen) atoms. The van der Waals surface area contributed by atoms with Gasteiger partial charge < -0.3 is 4.74 Å². The van der Waals surface area contributed by atoms with Crippen LogP contribution in [0.4, 0.5) is 0 Å². The molecule has 2 aromatic carbocycles. The van der Waals surface area contributed by atoms with E-state index in [1.165, 1.54) is 12.5 Å². The average Bonchev–Trinajstić information content (AvgIpc) is 2.53. The van der Waals surface area contributed by atoms with Crippen molar-refractivity contribution in [2.24, 2.45) is 0 Å². The molecule has 2 rings (SSSR count). The molecule has 0 bridgehead atoms. The second-order valence-electron chi connectivity index (χ2n) is 5.54. The van der Waals surface area contributed by atoms with Crippen LogP contribution in [0.1, 0.15) is 44.4 Å². The monoisotopic (exact) mass is 282 g/mol. The SMILES string of the molecule is CC[C@@](C)(c1ccccc1)[C@H](OC(C)=O)c1ccccc1. The number of hydrogen-bond acceptors (Lipinski definition) is 2. The van der Waals surface area contributed by atoms with Gasteiger partial charge in [0.05, 0.1) is 0 Å². The highest BCUT2D eigenvalue weighted by Gasteiger charge is 2.37. The molecule has 0 aliphatic heterocycles. The Kier molecular flexibility index (Phi) is 4.79. The van der Waals surface area contributed by atoms with Crippen LogP contribution in [-0.2, 0) is 14.9 Å². The second-order valence-corrected chi connectivity index (χ2v) is 5.54. The third-order valence-corrected chi connectivity index (χ3v) is 4.13. The summed E-state index contributed by atoms with van der Waals surface area (Å²) in [6, 6.07) is 20.2. The normalized spacial score (nSPS) is 15.0. The fourth-order valence-electron chi connectivity index (χ4n) is 2.72. The van der Waals surface area contributed by atoms with Crippen molar-refractivity contribution >= 4 is 5.97 Å². The molecule has 0 N–H and O–H groups in total. The molecule has 2 aromatic rings. The van der Waals surface area contributed by atoms with Gasteiger partial charge in [-0.15, -0.1) is 0 Å². The lowest BCUT2D eigenvalue weighted by molar-refractivity contribution is -0.150. The number of rotatable bonds is 5. The van der Waals surface area contributed by atoms with Gasteiger partial charge in [0.25, 0.3) is 0 Å². The molecule has 2 heteroatoms. The molecule has 0 unspecified atom stereocenters. The van der Waals surface area contributed by atoms with Crippen LogP contribution < -0.4 is 0 Å². The minimum absolute atomic E-state index is 0.251. The van der Waals surface area contributed by atoms with Crippen LogP contribution in [0.25, 0.3) is 0 Å². The molecule has 0 spiro atoms. The maximum Gasteiger partial charge on any atom is 0.303 e. The van der Waals surface area contributed by atoms with Crippen molar-refractivity contribution in [3.8, 4) is 0 Å². The van der Waals surface area contributed by atoms with Crippen molar-refractivity contribution in [2.45, 2.75) is 38.7 Å². The summed E-state index contributed by atoms with van der Waals surface area (Å²) in [5.41, 5.74) is 1.96. The summed E-state index contributed by atoms with van der Waals surface area (Å²) in [6.45, 7) is 5.76. The van der Waals surface area contributed by atoms with Gasteiger partial charge in [-0.05, 0) is 17.5 Å². The number of hydrogen-bond donors (Lipinski definition) is 0. The number of carbonyl (C=O) groups is 1. The van der Waals surface area contributed by atoms with E-state index in [9.17, 15) is 4.79 Å². The summed E-state index contributed by atoms with van der Waals surface area (Å²) >= 11 is 0. The van der Waals surface area contributed by atoms with E-state index in [1.54, 1.807) is 0 Å². The highest BCUT2D eigenvalue weighted by Crippen LogP contribution is 2.42. The lowest BCUT2D eigenvalue weighted by Crippen LogP contribution is -2.32. The van der Waals surface area contributed by atoms with Crippen LogP contribution in [0.3, 0.4) is 0 Å². The van der Waals surface area contributed by atoms with E-state index in [0.717, 1.165) is 12.0 Å². The third-order valence-electron chi connectivity index (χ3n) is 4.13. The number of carbonyl (C=O) groups excluding carboxylic acids is 1. The summed E-state index contributed by atoms with van der Waals surface area (Å²) in [6.07, 6.45) is 0.590. The molecule has 0 fully saturated rings. The molecule has 0 radical (unpaired) electrons. The van der Waals surface area contributed by atoms with Crippen LogP contribution in [0.2, 0.25) is 0 Å². The first kappa shape index (κ1) is 15.3. The predicted molar refractivity (Wildman–Crippen MR) is 85.0 cm³/mol. The Morgan fingerprint density at radius 3 is 2.05 bits per heavy atom. The van der Waals surface area contributed by atoms with Crippen LogP contribution in [0.5, 0.6) is 0 Å². The Morgan fingerprint density at radius 2 is 1.57 bits per heavy atom. The molecule has 0 saturated heterocycles. The van der Waals surface area contributed by atoms with Gasteiger partial charge in [-0.25, -0.2) is 0 Å². The van der Waals surface area contributed by atoms with E-state index in [4.69, 9.17) is 4.74 Å². The molecule has 0 amide bonds. The standard InChI is InChI=1S/C19H22O2/c1-4-19(3,17-13-9-6-10-14-17)18(21-15(2)20)16-11-7-5-8-12-16/h5-14,18H,4H2,1-3H3/t18-,19+/m1/s1. The smallest absolute Gasteiger partial charge is 0.303 e. The molecule has 0 saturated carbocycles. The number of esters is 1. The zero-order chi connectivity index (χ0) is 15.3. The lowest BCUT2D eigenvalue weighted by atomic mass is 9.73. The first-order valence-corrected chi connectivity index (χ1v) is 7.35. The second kappa shape index (κ2) is 6.57. The van der Waals surface area contributed by atoms with Gasteiger partial charge in [0.2, 0.25) is 0 Å². The Bertz CT molecular complexity index is 577. The van der Waals surface area contributed by atoms with Crippen molar-refractivity contribution in [3.05, 3.63) is 71.8 Å². The molecule has 0 heterocycles. The average molecular weight is 282 g/mol. The molecule has 0 aliphatic carbocycles. The lowest BCUT2D eigenvalue weighted by Gasteiger charge is -2.37. The minimum Gasteiger partial charge on any atom is -0.457 e. The van der Waals surface area contributed by atoms with Gasteiger partial charge in [0, 0.05) is 12.3 Å². The maximum atomic E-state index is 11.6. The zero-order valence-corrected chi connectivity index (χ0v) is 12.9. The van der Waals surface area contributed by atoms with Crippen LogP contribution in [0.15, 0.2) is 60.7 Å². The quantitative estimate of drug-likeness (QED) is 0.746. The molecule has 2 nitrogen and oxygen atoms in total. The molecule has 0 aliphatic rings. The van der Waals surface area contributed by atoms with Crippen molar-refractivity contribution in [3.63, 3.8) is 0 Å². The molecular weight excluding hydrogens is 260 g/mol. The number of ether oxygens (including phenoxy) is 1. The summed E-state index contributed by atoms with van der Waals surface area (Å²) in [7, 11) is 0.